The van der Waals surface area contributed by atoms with E-state index in [1.807, 2.05) is 29.6 Å². The van der Waals surface area contributed by atoms with Gasteiger partial charge in [0.25, 0.3) is 0 Å². The third-order valence-electron chi connectivity index (χ3n) is 2.37. The molecule has 0 fully saturated rings. The Morgan fingerprint density at radius 1 is 0.941 bits per heavy atom. The third-order valence-corrected chi connectivity index (χ3v) is 3.24. The van der Waals surface area contributed by atoms with Gasteiger partial charge >= 0.3 is 0 Å². The van der Waals surface area contributed by atoms with Crippen molar-refractivity contribution in [3.63, 3.8) is 0 Å². The molecule has 0 spiro atoms. The lowest BCUT2D eigenvalue weighted by Gasteiger charge is -1.95. The van der Waals surface area contributed by atoms with E-state index in [9.17, 15) is 0 Å². The van der Waals surface area contributed by atoms with E-state index in [-0.39, 0.29) is 0 Å². The Morgan fingerprint density at radius 3 is 2.59 bits per heavy atom. The molecule has 0 atom stereocenters. The van der Waals surface area contributed by atoms with Crippen molar-refractivity contribution in [2.45, 2.75) is 0 Å². The van der Waals surface area contributed by atoms with E-state index in [1.165, 1.54) is 0 Å². The van der Waals surface area contributed by atoms with Gasteiger partial charge in [0.2, 0.25) is 0 Å². The monoisotopic (exact) mass is 239 g/mol. The second kappa shape index (κ2) is 4.43. The molecule has 2 aromatic heterocycles. The van der Waals surface area contributed by atoms with E-state index in [2.05, 4.69) is 27.1 Å². The third kappa shape index (κ3) is 2.07. The van der Waals surface area contributed by atoms with Gasteiger partial charge in [-0.2, -0.15) is 0 Å². The maximum Gasteiger partial charge on any atom is 0.142 e. The summed E-state index contributed by atoms with van der Waals surface area (Å²) >= 11 is 1.60. The SMILES string of the molecule is c1ccc(-c2csc(-c3ccncn3)n2)cc1. The lowest BCUT2D eigenvalue weighted by Crippen LogP contribution is -1.83. The van der Waals surface area contributed by atoms with Crippen molar-refractivity contribution in [1.82, 2.24) is 15.0 Å². The fourth-order valence-electron chi connectivity index (χ4n) is 1.55. The predicted molar refractivity (Wildman–Crippen MR) is 68.6 cm³/mol. The number of rotatable bonds is 2. The molecular weight excluding hydrogens is 230 g/mol. The smallest absolute Gasteiger partial charge is 0.142 e. The average molecular weight is 239 g/mol. The highest BCUT2D eigenvalue weighted by atomic mass is 32.1. The van der Waals surface area contributed by atoms with Crippen LogP contribution in [0.1, 0.15) is 0 Å². The summed E-state index contributed by atoms with van der Waals surface area (Å²) in [5, 5.41) is 2.97. The summed E-state index contributed by atoms with van der Waals surface area (Å²) in [5.41, 5.74) is 2.99. The van der Waals surface area contributed by atoms with Crippen LogP contribution in [-0.4, -0.2) is 15.0 Å². The number of nitrogens with zero attached hydrogens (tertiary/aromatic N) is 3. The van der Waals surface area contributed by atoms with Gasteiger partial charge in [0.05, 0.1) is 5.69 Å². The number of hydrogen-bond acceptors (Lipinski definition) is 4. The molecule has 0 radical (unpaired) electrons. The first-order chi connectivity index (χ1) is 8.43. The predicted octanol–water partition coefficient (Wildman–Crippen LogP) is 3.27. The Labute approximate surface area is 103 Å². The summed E-state index contributed by atoms with van der Waals surface area (Å²) in [4.78, 5) is 12.7. The van der Waals surface area contributed by atoms with Crippen molar-refractivity contribution < 1.29 is 0 Å². The van der Waals surface area contributed by atoms with Crippen molar-refractivity contribution in [1.29, 1.82) is 0 Å². The normalized spacial score (nSPS) is 10.4. The number of aromatic nitrogens is 3. The van der Waals surface area contributed by atoms with Crippen LogP contribution in [0.25, 0.3) is 22.0 Å². The Bertz CT molecular complexity index is 551. The van der Waals surface area contributed by atoms with Gasteiger partial charge in [0.15, 0.2) is 0 Å². The van der Waals surface area contributed by atoms with Crippen LogP contribution >= 0.6 is 11.3 Å². The Kier molecular flexibility index (Phi) is 2.63. The van der Waals surface area contributed by atoms with Gasteiger partial charge in [0, 0.05) is 17.1 Å². The summed E-state index contributed by atoms with van der Waals surface area (Å²) < 4.78 is 0. The van der Waals surface area contributed by atoms with Gasteiger partial charge in [-0.3, -0.25) is 0 Å². The van der Waals surface area contributed by atoms with Crippen LogP contribution < -0.4 is 0 Å². The van der Waals surface area contributed by atoms with Crippen LogP contribution in [0.2, 0.25) is 0 Å². The molecule has 0 N–H and O–H groups in total. The van der Waals surface area contributed by atoms with Crippen LogP contribution in [-0.2, 0) is 0 Å². The van der Waals surface area contributed by atoms with Crippen molar-refractivity contribution in [2.75, 3.05) is 0 Å². The van der Waals surface area contributed by atoms with Gasteiger partial charge in [-0.25, -0.2) is 15.0 Å². The molecule has 0 aliphatic heterocycles. The summed E-state index contributed by atoms with van der Waals surface area (Å²) in [6, 6.07) is 12.0. The highest BCUT2D eigenvalue weighted by Crippen LogP contribution is 2.26. The van der Waals surface area contributed by atoms with E-state index in [0.29, 0.717) is 0 Å². The Morgan fingerprint density at radius 2 is 1.82 bits per heavy atom. The largest absolute Gasteiger partial charge is 0.245 e. The fraction of sp³-hybridized carbons (Fsp3) is 0. The lowest BCUT2D eigenvalue weighted by molar-refractivity contribution is 1.16. The van der Waals surface area contributed by atoms with Crippen LogP contribution in [0, 0.1) is 0 Å². The molecule has 2 heterocycles. The molecule has 4 heteroatoms. The summed E-state index contributed by atoms with van der Waals surface area (Å²) in [5.74, 6) is 0. The van der Waals surface area contributed by atoms with Gasteiger partial charge < -0.3 is 0 Å². The molecule has 0 aliphatic rings. The first-order valence-electron chi connectivity index (χ1n) is 5.21. The molecule has 1 aromatic carbocycles. The molecule has 0 unspecified atom stereocenters. The quantitative estimate of drug-likeness (QED) is 0.689. The van der Waals surface area contributed by atoms with Crippen molar-refractivity contribution >= 4 is 11.3 Å². The maximum atomic E-state index is 4.58. The van der Waals surface area contributed by atoms with Crippen molar-refractivity contribution in [3.8, 4) is 22.0 Å². The first kappa shape index (κ1) is 10.1. The number of hydrogen-bond donors (Lipinski definition) is 0. The number of benzene rings is 1. The molecular formula is C13H9N3S. The van der Waals surface area contributed by atoms with Crippen LogP contribution in [0.3, 0.4) is 0 Å². The zero-order valence-electron chi connectivity index (χ0n) is 8.95. The highest BCUT2D eigenvalue weighted by molar-refractivity contribution is 7.13. The van der Waals surface area contributed by atoms with Crippen LogP contribution in [0.15, 0.2) is 54.3 Å². The highest BCUT2D eigenvalue weighted by Gasteiger charge is 2.06. The average Bonchev–Trinajstić information content (AvgIpc) is 2.90. The molecule has 0 amide bonds. The first-order valence-corrected chi connectivity index (χ1v) is 6.09. The van der Waals surface area contributed by atoms with E-state index in [1.54, 1.807) is 23.9 Å². The van der Waals surface area contributed by atoms with E-state index < -0.39 is 0 Å². The molecule has 3 rings (SSSR count). The molecule has 82 valence electrons. The van der Waals surface area contributed by atoms with Gasteiger partial charge in [-0.1, -0.05) is 30.3 Å². The fourth-order valence-corrected chi connectivity index (χ4v) is 2.35. The van der Waals surface area contributed by atoms with Gasteiger partial charge in [-0.05, 0) is 6.07 Å². The topological polar surface area (TPSA) is 38.7 Å². The van der Waals surface area contributed by atoms with Crippen molar-refractivity contribution in [2.24, 2.45) is 0 Å². The van der Waals surface area contributed by atoms with Crippen LogP contribution in [0.5, 0.6) is 0 Å². The minimum atomic E-state index is 0.868. The zero-order valence-corrected chi connectivity index (χ0v) is 9.76. The second-order valence-corrected chi connectivity index (χ2v) is 4.36. The summed E-state index contributed by atoms with van der Waals surface area (Å²) in [7, 11) is 0. The Hall–Kier alpha value is -2.07. The van der Waals surface area contributed by atoms with Gasteiger partial charge in [-0.15, -0.1) is 11.3 Å². The second-order valence-electron chi connectivity index (χ2n) is 3.50. The van der Waals surface area contributed by atoms with E-state index in [0.717, 1.165) is 22.0 Å². The molecule has 3 nitrogen and oxygen atoms in total. The van der Waals surface area contributed by atoms with Crippen LogP contribution in [0.4, 0.5) is 0 Å². The summed E-state index contributed by atoms with van der Waals surface area (Å²) in [6.07, 6.45) is 3.27. The minimum absolute atomic E-state index is 0.868. The van der Waals surface area contributed by atoms with E-state index >= 15 is 0 Å². The van der Waals surface area contributed by atoms with E-state index in [4.69, 9.17) is 0 Å². The Balaban J connectivity index is 1.99. The molecule has 3 aromatic rings. The zero-order chi connectivity index (χ0) is 11.5. The maximum absolute atomic E-state index is 4.58. The molecule has 0 saturated carbocycles. The molecule has 0 saturated heterocycles. The molecule has 0 bridgehead atoms. The lowest BCUT2D eigenvalue weighted by atomic mass is 10.2. The van der Waals surface area contributed by atoms with Crippen molar-refractivity contribution in [3.05, 3.63) is 54.3 Å². The molecule has 17 heavy (non-hydrogen) atoms. The molecule has 0 aliphatic carbocycles. The minimum Gasteiger partial charge on any atom is -0.245 e. The summed E-state index contributed by atoms with van der Waals surface area (Å²) in [6.45, 7) is 0. The standard InChI is InChI=1S/C13H9N3S/c1-2-4-10(5-3-1)12-8-17-13(16-12)11-6-7-14-9-15-11/h1-9H. The van der Waals surface area contributed by atoms with Gasteiger partial charge in [0.1, 0.15) is 17.0 Å². The number of thiazole rings is 1.